The van der Waals surface area contributed by atoms with Gasteiger partial charge in [0.1, 0.15) is 5.75 Å². The minimum atomic E-state index is -0.0725. The predicted octanol–water partition coefficient (Wildman–Crippen LogP) is 2.02. The number of amides is 1. The maximum Gasteiger partial charge on any atom is 0.251 e. The fraction of sp³-hybridized carbons (Fsp3) is 0.417. The molecule has 81 valence electrons. The standard InChI is InChI=1S/C12H16NO2/c1-4-9(2)13-12(14)10-6-5-7-11(8-10)15-3/h5-6,8-9H,4H2,1-3H3,(H,13,14). The van der Waals surface area contributed by atoms with Crippen LogP contribution in [0.3, 0.4) is 0 Å². The van der Waals surface area contributed by atoms with Gasteiger partial charge in [0.15, 0.2) is 0 Å². The van der Waals surface area contributed by atoms with Crippen molar-refractivity contribution in [2.24, 2.45) is 0 Å². The van der Waals surface area contributed by atoms with Crippen LogP contribution in [0.5, 0.6) is 5.75 Å². The Morgan fingerprint density at radius 3 is 3.00 bits per heavy atom. The van der Waals surface area contributed by atoms with E-state index in [4.69, 9.17) is 4.74 Å². The Labute approximate surface area is 90.4 Å². The van der Waals surface area contributed by atoms with E-state index in [2.05, 4.69) is 11.4 Å². The van der Waals surface area contributed by atoms with Gasteiger partial charge in [-0.15, -0.1) is 0 Å². The van der Waals surface area contributed by atoms with Gasteiger partial charge in [-0.05, 0) is 31.5 Å². The van der Waals surface area contributed by atoms with Gasteiger partial charge in [0.25, 0.3) is 5.91 Å². The summed E-state index contributed by atoms with van der Waals surface area (Å²) in [6, 6.07) is 8.15. The Hall–Kier alpha value is -1.51. The van der Waals surface area contributed by atoms with Crippen molar-refractivity contribution in [2.45, 2.75) is 26.3 Å². The summed E-state index contributed by atoms with van der Waals surface area (Å²) in [6.07, 6.45) is 0.918. The summed E-state index contributed by atoms with van der Waals surface area (Å²) in [7, 11) is 1.56. The summed E-state index contributed by atoms with van der Waals surface area (Å²) >= 11 is 0. The van der Waals surface area contributed by atoms with Crippen LogP contribution in [0.4, 0.5) is 0 Å². The Balaban J connectivity index is 2.73. The van der Waals surface area contributed by atoms with Crippen molar-refractivity contribution >= 4 is 5.91 Å². The lowest BCUT2D eigenvalue weighted by Gasteiger charge is -2.11. The van der Waals surface area contributed by atoms with Crippen LogP contribution in [-0.2, 0) is 0 Å². The van der Waals surface area contributed by atoms with E-state index in [0.717, 1.165) is 6.42 Å². The maximum atomic E-state index is 11.7. The third kappa shape index (κ3) is 3.27. The zero-order chi connectivity index (χ0) is 11.3. The van der Waals surface area contributed by atoms with Crippen LogP contribution >= 0.6 is 0 Å². The third-order valence-corrected chi connectivity index (χ3v) is 2.25. The second kappa shape index (κ2) is 5.39. The number of hydrogen-bond acceptors (Lipinski definition) is 2. The van der Waals surface area contributed by atoms with Gasteiger partial charge >= 0.3 is 0 Å². The Morgan fingerprint density at radius 1 is 1.67 bits per heavy atom. The van der Waals surface area contributed by atoms with E-state index in [1.165, 1.54) is 0 Å². The molecule has 1 aromatic rings. The summed E-state index contributed by atoms with van der Waals surface area (Å²) in [5.41, 5.74) is 0.603. The molecule has 0 aliphatic heterocycles. The van der Waals surface area contributed by atoms with Crippen molar-refractivity contribution in [2.75, 3.05) is 7.11 Å². The van der Waals surface area contributed by atoms with Gasteiger partial charge in [0.2, 0.25) is 0 Å². The Bertz CT molecular complexity index is 336. The topological polar surface area (TPSA) is 38.3 Å². The highest BCUT2D eigenvalue weighted by Crippen LogP contribution is 2.11. The maximum absolute atomic E-state index is 11.7. The summed E-state index contributed by atoms with van der Waals surface area (Å²) in [6.45, 7) is 4.01. The highest BCUT2D eigenvalue weighted by atomic mass is 16.5. The lowest BCUT2D eigenvalue weighted by Crippen LogP contribution is -2.31. The van der Waals surface area contributed by atoms with E-state index < -0.39 is 0 Å². The quantitative estimate of drug-likeness (QED) is 0.818. The average Bonchev–Trinajstić information content (AvgIpc) is 2.28. The number of carbonyl (C=O) groups is 1. The zero-order valence-electron chi connectivity index (χ0n) is 9.33. The van der Waals surface area contributed by atoms with Crippen molar-refractivity contribution in [1.82, 2.24) is 5.32 Å². The SMILES string of the molecule is CCC(C)NC(=O)c1cc[c]c(OC)c1. The van der Waals surface area contributed by atoms with Crippen LogP contribution in [0, 0.1) is 6.07 Å². The van der Waals surface area contributed by atoms with Gasteiger partial charge in [-0.2, -0.15) is 0 Å². The van der Waals surface area contributed by atoms with Gasteiger partial charge in [-0.25, -0.2) is 0 Å². The minimum absolute atomic E-state index is 0.0725. The van der Waals surface area contributed by atoms with Gasteiger partial charge in [0.05, 0.1) is 7.11 Å². The summed E-state index contributed by atoms with van der Waals surface area (Å²) in [5, 5.41) is 2.89. The van der Waals surface area contributed by atoms with E-state index in [9.17, 15) is 4.79 Å². The lowest BCUT2D eigenvalue weighted by molar-refractivity contribution is 0.0939. The van der Waals surface area contributed by atoms with Gasteiger partial charge < -0.3 is 10.1 Å². The Morgan fingerprint density at radius 2 is 2.40 bits per heavy atom. The highest BCUT2D eigenvalue weighted by Gasteiger charge is 2.08. The first-order valence-corrected chi connectivity index (χ1v) is 5.04. The van der Waals surface area contributed by atoms with E-state index >= 15 is 0 Å². The zero-order valence-corrected chi connectivity index (χ0v) is 9.33. The predicted molar refractivity (Wildman–Crippen MR) is 59.0 cm³/mol. The van der Waals surface area contributed by atoms with E-state index in [1.54, 1.807) is 25.3 Å². The first kappa shape index (κ1) is 11.6. The molecule has 0 aliphatic rings. The summed E-state index contributed by atoms with van der Waals surface area (Å²) in [5.74, 6) is 0.503. The molecule has 1 radical (unpaired) electrons. The molecular formula is C12H16NO2. The summed E-state index contributed by atoms with van der Waals surface area (Å²) in [4.78, 5) is 11.7. The van der Waals surface area contributed by atoms with Gasteiger partial charge in [-0.3, -0.25) is 4.79 Å². The molecule has 0 saturated heterocycles. The molecule has 1 atom stereocenters. The fourth-order valence-electron chi connectivity index (χ4n) is 1.11. The van der Waals surface area contributed by atoms with E-state index in [0.29, 0.717) is 11.3 Å². The lowest BCUT2D eigenvalue weighted by atomic mass is 10.2. The number of hydrogen-bond donors (Lipinski definition) is 1. The number of methoxy groups -OCH3 is 1. The molecule has 0 aliphatic carbocycles. The molecule has 3 nitrogen and oxygen atoms in total. The number of ether oxygens (including phenoxy) is 1. The van der Waals surface area contributed by atoms with Crippen molar-refractivity contribution in [3.63, 3.8) is 0 Å². The molecule has 3 heteroatoms. The first-order chi connectivity index (χ1) is 7.17. The van der Waals surface area contributed by atoms with Crippen molar-refractivity contribution in [1.29, 1.82) is 0 Å². The largest absolute Gasteiger partial charge is 0.496 e. The van der Waals surface area contributed by atoms with Crippen LogP contribution in [0.1, 0.15) is 30.6 Å². The second-order valence-electron chi connectivity index (χ2n) is 3.43. The monoisotopic (exact) mass is 206 g/mol. The average molecular weight is 206 g/mol. The third-order valence-electron chi connectivity index (χ3n) is 2.25. The fourth-order valence-corrected chi connectivity index (χ4v) is 1.11. The normalized spacial score (nSPS) is 11.9. The van der Waals surface area contributed by atoms with Gasteiger partial charge in [0, 0.05) is 17.7 Å². The number of benzene rings is 1. The molecule has 1 unspecified atom stereocenters. The molecule has 0 bridgehead atoms. The first-order valence-electron chi connectivity index (χ1n) is 5.04. The molecule has 0 heterocycles. The highest BCUT2D eigenvalue weighted by molar-refractivity contribution is 5.94. The van der Waals surface area contributed by atoms with Crippen LogP contribution in [0.2, 0.25) is 0 Å². The minimum Gasteiger partial charge on any atom is -0.496 e. The van der Waals surface area contributed by atoms with Crippen molar-refractivity contribution < 1.29 is 9.53 Å². The number of nitrogens with one attached hydrogen (secondary N) is 1. The van der Waals surface area contributed by atoms with Gasteiger partial charge in [-0.1, -0.05) is 6.92 Å². The molecule has 0 fully saturated rings. The molecule has 1 amide bonds. The molecule has 15 heavy (non-hydrogen) atoms. The molecule has 0 spiro atoms. The number of rotatable bonds is 4. The van der Waals surface area contributed by atoms with Crippen LogP contribution < -0.4 is 10.1 Å². The van der Waals surface area contributed by atoms with Crippen LogP contribution in [0.25, 0.3) is 0 Å². The van der Waals surface area contributed by atoms with Crippen LogP contribution in [0.15, 0.2) is 18.2 Å². The smallest absolute Gasteiger partial charge is 0.251 e. The molecule has 0 saturated carbocycles. The Kier molecular flexibility index (Phi) is 4.16. The summed E-state index contributed by atoms with van der Waals surface area (Å²) < 4.78 is 5.00. The van der Waals surface area contributed by atoms with Crippen LogP contribution in [-0.4, -0.2) is 19.1 Å². The second-order valence-corrected chi connectivity index (χ2v) is 3.43. The molecular weight excluding hydrogens is 190 g/mol. The molecule has 1 aromatic carbocycles. The number of carbonyl (C=O) groups excluding carboxylic acids is 1. The molecule has 1 rings (SSSR count). The molecule has 0 aromatic heterocycles. The van der Waals surface area contributed by atoms with Crippen molar-refractivity contribution in [3.8, 4) is 5.75 Å². The van der Waals surface area contributed by atoms with E-state index in [1.807, 2.05) is 13.8 Å². The molecule has 1 N–H and O–H groups in total. The van der Waals surface area contributed by atoms with E-state index in [-0.39, 0.29) is 11.9 Å². The van der Waals surface area contributed by atoms with Crippen molar-refractivity contribution in [3.05, 3.63) is 29.8 Å².